The Balaban J connectivity index is 2.53. The van der Waals surface area contributed by atoms with Crippen LogP contribution in [-0.2, 0) is 9.59 Å². The maximum atomic E-state index is 11.9. The Morgan fingerprint density at radius 1 is 0.947 bits per heavy atom. The Morgan fingerprint density at radius 2 is 1.47 bits per heavy atom. The summed E-state index contributed by atoms with van der Waals surface area (Å²) in [5, 5.41) is 12.0. The molecule has 6 heteroatoms. The second-order valence-corrected chi connectivity index (χ2v) is 4.51. The van der Waals surface area contributed by atoms with Gasteiger partial charge in [0.1, 0.15) is 5.92 Å². The fraction of sp³-hybridized carbons (Fsp3) is 0.692. The van der Waals surface area contributed by atoms with Crippen molar-refractivity contribution < 1.29 is 9.59 Å². The molecule has 2 amide bonds. The molecule has 1 aliphatic rings. The molecule has 1 fully saturated rings. The van der Waals surface area contributed by atoms with Crippen LogP contribution in [0.5, 0.6) is 0 Å². The molecule has 6 nitrogen and oxygen atoms in total. The van der Waals surface area contributed by atoms with Crippen molar-refractivity contribution in [1.82, 2.24) is 21.3 Å². The maximum Gasteiger partial charge on any atom is 0.232 e. The van der Waals surface area contributed by atoms with Crippen LogP contribution < -0.4 is 21.3 Å². The van der Waals surface area contributed by atoms with Gasteiger partial charge in [0.05, 0.1) is 0 Å². The van der Waals surface area contributed by atoms with E-state index in [0.717, 1.165) is 19.5 Å². The fourth-order valence-electron chi connectivity index (χ4n) is 1.88. The average Bonchev–Trinajstić information content (AvgIpc) is 2.40. The van der Waals surface area contributed by atoms with Crippen molar-refractivity contribution in [3.8, 4) is 0 Å². The second kappa shape index (κ2) is 9.52. The molecule has 0 spiro atoms. The highest BCUT2D eigenvalue weighted by molar-refractivity contribution is 6.00. The van der Waals surface area contributed by atoms with Crippen molar-refractivity contribution >= 4 is 11.8 Å². The zero-order valence-corrected chi connectivity index (χ0v) is 11.3. The fourth-order valence-corrected chi connectivity index (χ4v) is 1.88. The van der Waals surface area contributed by atoms with Crippen LogP contribution in [-0.4, -0.2) is 51.1 Å². The van der Waals surface area contributed by atoms with Gasteiger partial charge in [-0.25, -0.2) is 0 Å². The first-order valence-electron chi connectivity index (χ1n) is 6.83. The van der Waals surface area contributed by atoms with Crippen LogP contribution in [0.3, 0.4) is 0 Å². The van der Waals surface area contributed by atoms with Gasteiger partial charge in [-0.3, -0.25) is 9.59 Å². The third kappa shape index (κ3) is 6.35. The molecule has 0 radical (unpaired) electrons. The molecular weight excluding hydrogens is 244 g/mol. The largest absolute Gasteiger partial charge is 0.354 e. The van der Waals surface area contributed by atoms with E-state index in [0.29, 0.717) is 32.6 Å². The Kier molecular flexibility index (Phi) is 7.84. The Morgan fingerprint density at radius 3 is 1.95 bits per heavy atom. The predicted molar refractivity (Wildman–Crippen MR) is 74.7 cm³/mol. The van der Waals surface area contributed by atoms with E-state index in [9.17, 15) is 9.59 Å². The smallest absolute Gasteiger partial charge is 0.232 e. The van der Waals surface area contributed by atoms with Gasteiger partial charge in [0.25, 0.3) is 0 Å². The summed E-state index contributed by atoms with van der Waals surface area (Å²) in [6, 6.07) is 0. The van der Waals surface area contributed by atoms with Gasteiger partial charge in [-0.2, -0.15) is 0 Å². The summed E-state index contributed by atoms with van der Waals surface area (Å²) in [5.74, 6) is -1.14. The van der Waals surface area contributed by atoms with Crippen LogP contribution in [0.25, 0.3) is 0 Å². The summed E-state index contributed by atoms with van der Waals surface area (Å²) in [5.41, 5.74) is 0. The highest BCUT2D eigenvalue weighted by Gasteiger charge is 2.24. The molecule has 0 aliphatic carbocycles. The Hall–Kier alpha value is -1.40. The van der Waals surface area contributed by atoms with Crippen molar-refractivity contribution in [2.45, 2.75) is 12.8 Å². The number of nitrogens with one attached hydrogen (secondary N) is 4. The minimum absolute atomic E-state index is 0.232. The number of carbonyl (C=O) groups excluding carboxylic acids is 2. The molecule has 0 aromatic heterocycles. The monoisotopic (exact) mass is 268 g/mol. The summed E-state index contributed by atoms with van der Waals surface area (Å²) in [6.07, 6.45) is 2.99. The van der Waals surface area contributed by atoms with Crippen molar-refractivity contribution in [2.75, 3.05) is 39.3 Å². The van der Waals surface area contributed by atoms with Crippen LogP contribution in [0.1, 0.15) is 12.8 Å². The number of hydrogen-bond donors (Lipinski definition) is 4. The molecule has 0 aromatic rings. The van der Waals surface area contributed by atoms with Gasteiger partial charge in [0.2, 0.25) is 11.8 Å². The van der Waals surface area contributed by atoms with Crippen LogP contribution in [0.2, 0.25) is 0 Å². The van der Waals surface area contributed by atoms with Gasteiger partial charge in [0, 0.05) is 26.2 Å². The third-order valence-corrected chi connectivity index (χ3v) is 2.94. The van der Waals surface area contributed by atoms with Crippen molar-refractivity contribution in [2.24, 2.45) is 5.92 Å². The summed E-state index contributed by atoms with van der Waals surface area (Å²) >= 11 is 0. The number of carbonyl (C=O) groups is 2. The van der Waals surface area contributed by atoms with Crippen LogP contribution in [0.4, 0.5) is 0 Å². The topological polar surface area (TPSA) is 82.3 Å². The first kappa shape index (κ1) is 15.7. The van der Waals surface area contributed by atoms with Crippen molar-refractivity contribution in [3.05, 3.63) is 12.7 Å². The lowest BCUT2D eigenvalue weighted by molar-refractivity contribution is -0.135. The number of allylic oxidation sites excluding steroid dienone is 1. The lowest BCUT2D eigenvalue weighted by atomic mass is 10.0. The highest BCUT2D eigenvalue weighted by Crippen LogP contribution is 2.04. The van der Waals surface area contributed by atoms with Gasteiger partial charge < -0.3 is 21.3 Å². The van der Waals surface area contributed by atoms with E-state index in [-0.39, 0.29) is 11.8 Å². The van der Waals surface area contributed by atoms with Crippen molar-refractivity contribution in [3.63, 3.8) is 0 Å². The summed E-state index contributed by atoms with van der Waals surface area (Å²) in [4.78, 5) is 23.8. The summed E-state index contributed by atoms with van der Waals surface area (Å²) < 4.78 is 0. The molecular formula is C13H24N4O2. The van der Waals surface area contributed by atoms with Gasteiger partial charge in [0.15, 0.2) is 0 Å². The molecule has 1 rings (SSSR count). The average molecular weight is 268 g/mol. The molecule has 0 unspecified atom stereocenters. The van der Waals surface area contributed by atoms with Gasteiger partial charge >= 0.3 is 0 Å². The summed E-state index contributed by atoms with van der Waals surface area (Å²) in [6.45, 7) is 7.94. The zero-order chi connectivity index (χ0) is 13.9. The van der Waals surface area contributed by atoms with Crippen molar-refractivity contribution in [1.29, 1.82) is 0 Å². The van der Waals surface area contributed by atoms with Crippen LogP contribution >= 0.6 is 0 Å². The van der Waals surface area contributed by atoms with E-state index >= 15 is 0 Å². The number of rotatable bonds is 2. The zero-order valence-electron chi connectivity index (χ0n) is 11.3. The molecule has 0 saturated carbocycles. The molecule has 0 atom stereocenters. The molecule has 1 heterocycles. The molecule has 4 N–H and O–H groups in total. The molecule has 0 bridgehead atoms. The van der Waals surface area contributed by atoms with E-state index in [1.54, 1.807) is 6.08 Å². The lowest BCUT2D eigenvalue weighted by Gasteiger charge is -2.16. The molecule has 1 saturated heterocycles. The first-order valence-corrected chi connectivity index (χ1v) is 6.83. The summed E-state index contributed by atoms with van der Waals surface area (Å²) in [7, 11) is 0. The molecule has 19 heavy (non-hydrogen) atoms. The Labute approximate surface area is 114 Å². The lowest BCUT2D eigenvalue weighted by Crippen LogP contribution is -2.45. The van der Waals surface area contributed by atoms with Gasteiger partial charge in [-0.05, 0) is 25.9 Å². The first-order chi connectivity index (χ1) is 9.25. The minimum Gasteiger partial charge on any atom is -0.354 e. The molecule has 0 aromatic carbocycles. The highest BCUT2D eigenvalue weighted by atomic mass is 16.2. The molecule has 1 aliphatic heterocycles. The van der Waals surface area contributed by atoms with E-state index in [1.807, 2.05) is 0 Å². The standard InChI is InChI=1S/C13H24N4O2/c1-2-4-11-12(18)16-9-7-14-5-3-6-15-8-10-17-13(11)19/h2,11,14-15H,1,3-10H2,(H,16,18)(H,17,19). The maximum absolute atomic E-state index is 11.9. The van der Waals surface area contributed by atoms with E-state index in [2.05, 4.69) is 27.8 Å². The minimum atomic E-state index is -0.680. The number of hydrogen-bond acceptors (Lipinski definition) is 4. The van der Waals surface area contributed by atoms with Crippen LogP contribution in [0.15, 0.2) is 12.7 Å². The molecule has 108 valence electrons. The SMILES string of the molecule is C=CCC1C(=O)NCCNCCCNCCNC1=O. The quantitative estimate of drug-likeness (QED) is 0.382. The van der Waals surface area contributed by atoms with Gasteiger partial charge in [-0.1, -0.05) is 6.08 Å². The second-order valence-electron chi connectivity index (χ2n) is 4.51. The van der Waals surface area contributed by atoms with Gasteiger partial charge in [-0.15, -0.1) is 6.58 Å². The Bertz CT molecular complexity index is 283. The van der Waals surface area contributed by atoms with Crippen LogP contribution in [0, 0.1) is 5.92 Å². The third-order valence-electron chi connectivity index (χ3n) is 2.94. The van der Waals surface area contributed by atoms with E-state index < -0.39 is 5.92 Å². The van der Waals surface area contributed by atoms with E-state index in [1.165, 1.54) is 0 Å². The van der Waals surface area contributed by atoms with E-state index in [4.69, 9.17) is 0 Å². The normalized spacial score (nSPS) is 21.1. The predicted octanol–water partition coefficient (Wildman–Crippen LogP) is -1.01. The number of amides is 2.